The molecule has 0 heterocycles. The lowest BCUT2D eigenvalue weighted by molar-refractivity contribution is -0.147. The molecule has 1 aromatic carbocycles. The second-order valence-corrected chi connectivity index (χ2v) is 6.39. The Morgan fingerprint density at radius 3 is 2.43 bits per heavy atom. The Morgan fingerprint density at radius 2 is 1.91 bits per heavy atom. The standard InChI is InChI=1S/C18H29NO4/c1-6-14(19-10-9-18(2,3)17(20)21)11-13-7-8-15(22-4)16(12-13)23-5/h7-8,12,14,19H,6,9-11H2,1-5H3,(H,20,21). The van der Waals surface area contributed by atoms with Crippen molar-refractivity contribution >= 4 is 5.97 Å². The lowest BCUT2D eigenvalue weighted by Crippen LogP contribution is -2.35. The third-order valence-electron chi connectivity index (χ3n) is 4.18. The molecular weight excluding hydrogens is 294 g/mol. The summed E-state index contributed by atoms with van der Waals surface area (Å²) in [6, 6.07) is 6.24. The summed E-state index contributed by atoms with van der Waals surface area (Å²) in [5.41, 5.74) is 0.466. The van der Waals surface area contributed by atoms with Crippen LogP contribution in [-0.4, -0.2) is 37.9 Å². The van der Waals surface area contributed by atoms with Gasteiger partial charge in [-0.25, -0.2) is 0 Å². The maximum absolute atomic E-state index is 11.1. The fourth-order valence-electron chi connectivity index (χ4n) is 2.35. The number of benzene rings is 1. The maximum Gasteiger partial charge on any atom is 0.309 e. The fraction of sp³-hybridized carbons (Fsp3) is 0.611. The highest BCUT2D eigenvalue weighted by molar-refractivity contribution is 5.73. The average Bonchev–Trinajstić information content (AvgIpc) is 2.53. The van der Waals surface area contributed by atoms with Crippen LogP contribution in [0, 0.1) is 5.41 Å². The van der Waals surface area contributed by atoms with Crippen LogP contribution in [0.2, 0.25) is 0 Å². The van der Waals surface area contributed by atoms with Crippen molar-refractivity contribution in [2.45, 2.75) is 46.1 Å². The molecule has 1 unspecified atom stereocenters. The molecule has 0 saturated carbocycles. The first kappa shape index (κ1) is 19.3. The molecule has 0 aliphatic carbocycles. The molecule has 1 atom stereocenters. The van der Waals surface area contributed by atoms with Crippen LogP contribution < -0.4 is 14.8 Å². The monoisotopic (exact) mass is 323 g/mol. The third kappa shape index (κ3) is 5.75. The lowest BCUT2D eigenvalue weighted by atomic mass is 9.89. The molecule has 0 aliphatic heterocycles. The molecule has 23 heavy (non-hydrogen) atoms. The zero-order chi connectivity index (χ0) is 17.5. The normalized spacial score (nSPS) is 12.7. The van der Waals surface area contributed by atoms with E-state index in [1.807, 2.05) is 18.2 Å². The highest BCUT2D eigenvalue weighted by Crippen LogP contribution is 2.28. The molecule has 5 nitrogen and oxygen atoms in total. The molecular formula is C18H29NO4. The first-order valence-electron chi connectivity index (χ1n) is 8.01. The number of carboxylic acids is 1. The van der Waals surface area contributed by atoms with Gasteiger partial charge in [0, 0.05) is 6.04 Å². The van der Waals surface area contributed by atoms with Gasteiger partial charge in [-0.1, -0.05) is 13.0 Å². The van der Waals surface area contributed by atoms with Crippen molar-refractivity contribution in [3.05, 3.63) is 23.8 Å². The van der Waals surface area contributed by atoms with E-state index in [1.165, 1.54) is 5.56 Å². The fourth-order valence-corrected chi connectivity index (χ4v) is 2.35. The summed E-state index contributed by atoms with van der Waals surface area (Å²) in [5, 5.41) is 12.6. The number of carbonyl (C=O) groups is 1. The van der Waals surface area contributed by atoms with Gasteiger partial charge in [-0.3, -0.25) is 4.79 Å². The molecule has 1 aromatic rings. The largest absolute Gasteiger partial charge is 0.493 e. The topological polar surface area (TPSA) is 67.8 Å². The van der Waals surface area contributed by atoms with E-state index in [1.54, 1.807) is 28.1 Å². The van der Waals surface area contributed by atoms with E-state index in [0.29, 0.717) is 19.0 Å². The van der Waals surface area contributed by atoms with Crippen LogP contribution in [-0.2, 0) is 11.2 Å². The quantitative estimate of drug-likeness (QED) is 0.692. The number of rotatable bonds is 10. The zero-order valence-corrected chi connectivity index (χ0v) is 14.8. The summed E-state index contributed by atoms with van der Waals surface area (Å²) in [6.45, 7) is 6.32. The average molecular weight is 323 g/mol. The van der Waals surface area contributed by atoms with Gasteiger partial charge in [0.25, 0.3) is 0 Å². The van der Waals surface area contributed by atoms with Gasteiger partial charge >= 0.3 is 5.97 Å². The Hall–Kier alpha value is -1.75. The third-order valence-corrected chi connectivity index (χ3v) is 4.18. The zero-order valence-electron chi connectivity index (χ0n) is 14.8. The van der Waals surface area contributed by atoms with Crippen LogP contribution in [0.3, 0.4) is 0 Å². The van der Waals surface area contributed by atoms with E-state index in [4.69, 9.17) is 14.6 Å². The van der Waals surface area contributed by atoms with Crippen LogP contribution in [0.15, 0.2) is 18.2 Å². The number of hydrogen-bond acceptors (Lipinski definition) is 4. The maximum atomic E-state index is 11.1. The summed E-state index contributed by atoms with van der Waals surface area (Å²) >= 11 is 0. The Morgan fingerprint density at radius 1 is 1.26 bits per heavy atom. The minimum absolute atomic E-state index is 0.303. The molecule has 130 valence electrons. The minimum atomic E-state index is -0.757. The number of methoxy groups -OCH3 is 2. The number of carboxylic acid groups (broad SMARTS) is 1. The molecule has 0 bridgehead atoms. The second-order valence-electron chi connectivity index (χ2n) is 6.39. The van der Waals surface area contributed by atoms with Gasteiger partial charge in [-0.2, -0.15) is 0 Å². The van der Waals surface area contributed by atoms with Crippen LogP contribution in [0.25, 0.3) is 0 Å². The van der Waals surface area contributed by atoms with E-state index < -0.39 is 11.4 Å². The van der Waals surface area contributed by atoms with Crippen molar-refractivity contribution in [3.8, 4) is 11.5 Å². The molecule has 0 aromatic heterocycles. The summed E-state index contributed by atoms with van der Waals surface area (Å²) in [5.74, 6) is 0.694. The van der Waals surface area contributed by atoms with Crippen LogP contribution in [0.5, 0.6) is 11.5 Å². The molecule has 0 saturated heterocycles. The predicted molar refractivity (Wildman–Crippen MR) is 91.4 cm³/mol. The van der Waals surface area contributed by atoms with Gasteiger partial charge in [0.15, 0.2) is 11.5 Å². The van der Waals surface area contributed by atoms with E-state index >= 15 is 0 Å². The van der Waals surface area contributed by atoms with E-state index in [0.717, 1.165) is 24.3 Å². The number of hydrogen-bond donors (Lipinski definition) is 2. The van der Waals surface area contributed by atoms with Crippen LogP contribution in [0.4, 0.5) is 0 Å². The highest BCUT2D eigenvalue weighted by atomic mass is 16.5. The summed E-state index contributed by atoms with van der Waals surface area (Å²) in [7, 11) is 3.25. The molecule has 0 spiro atoms. The Bertz CT molecular complexity index is 514. The SMILES string of the molecule is CCC(Cc1ccc(OC)c(OC)c1)NCCC(C)(C)C(=O)O. The molecule has 0 radical (unpaired) electrons. The summed E-state index contributed by atoms with van der Waals surface area (Å²) in [4.78, 5) is 11.1. The summed E-state index contributed by atoms with van der Waals surface area (Å²) in [6.07, 6.45) is 2.44. The van der Waals surface area contributed by atoms with Crippen LogP contribution >= 0.6 is 0 Å². The highest BCUT2D eigenvalue weighted by Gasteiger charge is 2.26. The van der Waals surface area contributed by atoms with Crippen molar-refractivity contribution in [1.29, 1.82) is 0 Å². The Balaban J connectivity index is 2.61. The first-order valence-corrected chi connectivity index (χ1v) is 8.01. The van der Waals surface area contributed by atoms with Gasteiger partial charge < -0.3 is 19.9 Å². The van der Waals surface area contributed by atoms with E-state index in [-0.39, 0.29) is 0 Å². The van der Waals surface area contributed by atoms with Gasteiger partial charge in [0.1, 0.15) is 0 Å². The lowest BCUT2D eigenvalue weighted by Gasteiger charge is -2.22. The number of nitrogens with one attached hydrogen (secondary N) is 1. The molecule has 1 rings (SSSR count). The van der Waals surface area contributed by atoms with Gasteiger partial charge in [0.2, 0.25) is 0 Å². The summed E-state index contributed by atoms with van der Waals surface area (Å²) < 4.78 is 10.6. The van der Waals surface area contributed by atoms with E-state index in [2.05, 4.69) is 12.2 Å². The molecule has 5 heteroatoms. The van der Waals surface area contributed by atoms with Crippen molar-refractivity contribution in [2.24, 2.45) is 5.41 Å². The van der Waals surface area contributed by atoms with Gasteiger partial charge in [-0.15, -0.1) is 0 Å². The van der Waals surface area contributed by atoms with Crippen molar-refractivity contribution in [1.82, 2.24) is 5.32 Å². The van der Waals surface area contributed by atoms with Crippen molar-refractivity contribution < 1.29 is 19.4 Å². The van der Waals surface area contributed by atoms with Gasteiger partial charge in [0.05, 0.1) is 19.6 Å². The number of aliphatic carboxylic acids is 1. The predicted octanol–water partition coefficient (Wildman–Crippen LogP) is 3.12. The number of ether oxygens (including phenoxy) is 2. The molecule has 0 aliphatic rings. The van der Waals surface area contributed by atoms with Crippen molar-refractivity contribution in [3.63, 3.8) is 0 Å². The smallest absolute Gasteiger partial charge is 0.309 e. The van der Waals surface area contributed by atoms with Gasteiger partial charge in [-0.05, 0) is 57.4 Å². The van der Waals surface area contributed by atoms with Crippen molar-refractivity contribution in [2.75, 3.05) is 20.8 Å². The van der Waals surface area contributed by atoms with E-state index in [9.17, 15) is 4.79 Å². The molecule has 0 amide bonds. The Kier molecular flexibility index (Phi) is 7.36. The second kappa shape index (κ2) is 8.77. The van der Waals surface area contributed by atoms with Crippen LogP contribution in [0.1, 0.15) is 39.2 Å². The molecule has 2 N–H and O–H groups in total. The minimum Gasteiger partial charge on any atom is -0.493 e. The first-order chi connectivity index (χ1) is 10.8. The molecule has 0 fully saturated rings. The Labute approximate surface area is 139 Å².